The monoisotopic (exact) mass is 691 g/mol. The van der Waals surface area contributed by atoms with Crippen LogP contribution in [0.15, 0.2) is 102 Å². The predicted molar refractivity (Wildman–Crippen MR) is 190 cm³/mol. The highest BCUT2D eigenvalue weighted by Crippen LogP contribution is 2.44. The van der Waals surface area contributed by atoms with Crippen LogP contribution >= 0.6 is 0 Å². The van der Waals surface area contributed by atoms with Gasteiger partial charge in [0.2, 0.25) is 24.4 Å². The van der Waals surface area contributed by atoms with Gasteiger partial charge < -0.3 is 30.4 Å². The van der Waals surface area contributed by atoms with Gasteiger partial charge in [0.1, 0.15) is 34.9 Å². The molecule has 0 saturated heterocycles. The summed E-state index contributed by atoms with van der Waals surface area (Å²) in [6.45, 7) is 5.62. The molecule has 4 aromatic heterocycles. The molecule has 6 rings (SSSR count). The number of ether oxygens (including phenoxy) is 1. The summed E-state index contributed by atoms with van der Waals surface area (Å²) in [5.41, 5.74) is 10.4. The van der Waals surface area contributed by atoms with Crippen molar-refractivity contribution in [3.8, 4) is 34.1 Å². The summed E-state index contributed by atoms with van der Waals surface area (Å²) >= 11 is 0. The van der Waals surface area contributed by atoms with Crippen molar-refractivity contribution in [1.82, 2.24) is 30.0 Å². The number of carbonyl (C=O) groups is 3. The van der Waals surface area contributed by atoms with Crippen LogP contribution in [0.3, 0.4) is 0 Å². The number of nitrogens with two attached hydrogens (primary N) is 1. The lowest BCUT2D eigenvalue weighted by Crippen LogP contribution is -2.27. The molecule has 14 nitrogen and oxygen atoms in total. The van der Waals surface area contributed by atoms with Gasteiger partial charge in [0.15, 0.2) is 0 Å². The van der Waals surface area contributed by atoms with E-state index in [1.165, 1.54) is 12.4 Å². The number of hydrogen-bond donors (Lipinski definition) is 3. The van der Waals surface area contributed by atoms with Crippen LogP contribution < -0.4 is 26.0 Å². The van der Waals surface area contributed by atoms with Crippen molar-refractivity contribution in [3.05, 3.63) is 103 Å². The third-order valence-electron chi connectivity index (χ3n) is 7.28. The standard InChI is InChI=1S/C34H31FN8O3.C2H3NO2/c1-20(2)43(28-13-8-24(35)16-37-28)17-21(3)32(44)41-26-9-11-27(12-10-26)45-33-30-29(22-6-5-7-25(36)14-22)31(23-15-40-42(4)18-23)46-34(30)39-19-38-33;4-1-3-2-5/h5-20H,36H2,1-4H3,(H,41,44);1-2H,(H,3,4,5)/b21-17+;. The van der Waals surface area contributed by atoms with Gasteiger partial charge in [-0.15, -0.1) is 0 Å². The molecular formula is C36H34FN9O5. The molecule has 0 aliphatic rings. The summed E-state index contributed by atoms with van der Waals surface area (Å²) in [4.78, 5) is 45.9. The third-order valence-corrected chi connectivity index (χ3v) is 7.28. The van der Waals surface area contributed by atoms with Crippen molar-refractivity contribution in [3.63, 3.8) is 0 Å². The van der Waals surface area contributed by atoms with E-state index in [9.17, 15) is 9.18 Å². The zero-order chi connectivity index (χ0) is 36.5. The number of anilines is 3. The Balaban J connectivity index is 0.000000943. The van der Waals surface area contributed by atoms with E-state index in [1.54, 1.807) is 64.6 Å². The molecule has 51 heavy (non-hydrogen) atoms. The topological polar surface area (TPSA) is 183 Å². The molecule has 0 radical (unpaired) electrons. The fourth-order valence-corrected chi connectivity index (χ4v) is 4.94. The highest BCUT2D eigenvalue weighted by atomic mass is 19.1. The second kappa shape index (κ2) is 16.0. The summed E-state index contributed by atoms with van der Waals surface area (Å²) < 4.78 is 27.6. The minimum atomic E-state index is -0.427. The summed E-state index contributed by atoms with van der Waals surface area (Å²) in [6.07, 6.45) is 8.41. The highest BCUT2D eigenvalue weighted by Gasteiger charge is 2.24. The van der Waals surface area contributed by atoms with E-state index >= 15 is 0 Å². The van der Waals surface area contributed by atoms with Crippen LogP contribution in [0, 0.1) is 5.82 Å². The molecule has 0 unspecified atom stereocenters. The Hall–Kier alpha value is -6.90. The SMILES string of the molecule is C/C(=C\N(c1ccc(F)cn1)C(C)C)C(=O)Nc1ccc(Oc2ncnc3oc(-c4cnn(C)c4)c(-c4cccc(N)c4)c23)cc1.O=CNC=O. The Morgan fingerprint density at radius 3 is 2.39 bits per heavy atom. The third kappa shape index (κ3) is 8.58. The van der Waals surface area contributed by atoms with Gasteiger partial charge in [-0.25, -0.2) is 19.3 Å². The number of pyridine rings is 1. The first-order chi connectivity index (χ1) is 24.6. The number of furan rings is 1. The number of aromatic nitrogens is 5. The Kier molecular flexibility index (Phi) is 11.1. The molecule has 2 aromatic carbocycles. The van der Waals surface area contributed by atoms with Crippen molar-refractivity contribution in [1.29, 1.82) is 0 Å². The first-order valence-electron chi connectivity index (χ1n) is 15.5. The molecule has 0 bridgehead atoms. The first kappa shape index (κ1) is 35.4. The van der Waals surface area contributed by atoms with Crippen molar-refractivity contribution in [2.75, 3.05) is 16.0 Å². The number of hydrogen-bond acceptors (Lipinski definition) is 11. The number of halogens is 1. The molecule has 0 aliphatic carbocycles. The quantitative estimate of drug-likeness (QED) is 0.0842. The van der Waals surface area contributed by atoms with Gasteiger partial charge in [-0.1, -0.05) is 12.1 Å². The lowest BCUT2D eigenvalue weighted by molar-refractivity contribution is -0.117. The zero-order valence-electron chi connectivity index (χ0n) is 28.1. The number of carbonyl (C=O) groups excluding carboxylic acids is 3. The van der Waals surface area contributed by atoms with E-state index in [2.05, 4.69) is 25.4 Å². The second-order valence-electron chi connectivity index (χ2n) is 11.3. The number of nitrogens with zero attached hydrogens (tertiary/aromatic N) is 6. The molecule has 0 atom stereocenters. The maximum Gasteiger partial charge on any atom is 0.252 e. The molecular weight excluding hydrogens is 657 g/mol. The highest BCUT2D eigenvalue weighted by molar-refractivity contribution is 6.04. The zero-order valence-corrected chi connectivity index (χ0v) is 28.1. The minimum Gasteiger partial charge on any atom is -0.438 e. The van der Waals surface area contributed by atoms with E-state index in [0.29, 0.717) is 64.1 Å². The molecule has 0 fully saturated rings. The second-order valence-corrected chi connectivity index (χ2v) is 11.3. The normalized spacial score (nSPS) is 11.1. The van der Waals surface area contributed by atoms with Crippen molar-refractivity contribution in [2.45, 2.75) is 26.8 Å². The van der Waals surface area contributed by atoms with Gasteiger partial charge in [0, 0.05) is 48.0 Å². The summed E-state index contributed by atoms with van der Waals surface area (Å²) in [5.74, 6) is 1.15. The van der Waals surface area contributed by atoms with Crippen molar-refractivity contribution >= 4 is 47.0 Å². The largest absolute Gasteiger partial charge is 0.438 e. The van der Waals surface area contributed by atoms with Gasteiger partial charge in [0.25, 0.3) is 5.91 Å². The van der Waals surface area contributed by atoms with E-state index in [1.807, 2.05) is 51.4 Å². The molecule has 0 spiro atoms. The molecule has 4 N–H and O–H groups in total. The molecule has 15 heteroatoms. The molecule has 6 aromatic rings. The number of rotatable bonds is 11. The van der Waals surface area contributed by atoms with Crippen LogP contribution in [0.5, 0.6) is 11.6 Å². The average Bonchev–Trinajstić information content (AvgIpc) is 3.73. The summed E-state index contributed by atoms with van der Waals surface area (Å²) in [6, 6.07) is 17.3. The Morgan fingerprint density at radius 2 is 1.78 bits per heavy atom. The predicted octanol–water partition coefficient (Wildman–Crippen LogP) is 5.85. The van der Waals surface area contributed by atoms with E-state index < -0.39 is 5.82 Å². The van der Waals surface area contributed by atoms with Crippen LogP contribution in [0.1, 0.15) is 20.8 Å². The molecule has 3 amide bonds. The van der Waals surface area contributed by atoms with Gasteiger partial charge in [-0.05, 0) is 74.9 Å². The van der Waals surface area contributed by atoms with E-state index in [0.717, 1.165) is 22.9 Å². The maximum absolute atomic E-state index is 13.4. The first-order valence-corrected chi connectivity index (χ1v) is 15.5. The fraction of sp³-hybridized carbons (Fsp3) is 0.139. The number of amides is 3. The number of aryl methyl sites for hydroxylation is 1. The van der Waals surface area contributed by atoms with Crippen molar-refractivity contribution < 1.29 is 27.9 Å². The lowest BCUT2D eigenvalue weighted by atomic mass is 10.0. The summed E-state index contributed by atoms with van der Waals surface area (Å²) in [5, 5.41) is 9.52. The average molecular weight is 692 g/mol. The Bertz CT molecular complexity index is 2170. The molecule has 4 heterocycles. The van der Waals surface area contributed by atoms with E-state index in [-0.39, 0.29) is 11.9 Å². The number of imide groups is 1. The molecule has 0 aliphatic heterocycles. The smallest absolute Gasteiger partial charge is 0.252 e. The maximum atomic E-state index is 13.4. The van der Waals surface area contributed by atoms with Crippen LogP contribution in [0.2, 0.25) is 0 Å². The van der Waals surface area contributed by atoms with Crippen LogP contribution in [0.4, 0.5) is 21.6 Å². The van der Waals surface area contributed by atoms with Crippen molar-refractivity contribution in [2.24, 2.45) is 7.05 Å². The van der Waals surface area contributed by atoms with Gasteiger partial charge in [-0.2, -0.15) is 5.10 Å². The Labute approximate surface area is 291 Å². The number of benzene rings is 2. The van der Waals surface area contributed by atoms with Gasteiger partial charge in [-0.3, -0.25) is 19.1 Å². The summed E-state index contributed by atoms with van der Waals surface area (Å²) in [7, 11) is 1.83. The number of nitrogens with one attached hydrogen (secondary N) is 2. The van der Waals surface area contributed by atoms with Gasteiger partial charge in [0.05, 0.1) is 18.0 Å². The minimum absolute atomic E-state index is 0.0131. The fourth-order valence-electron chi connectivity index (χ4n) is 4.94. The van der Waals surface area contributed by atoms with Crippen LogP contribution in [0.25, 0.3) is 33.6 Å². The van der Waals surface area contributed by atoms with Crippen LogP contribution in [-0.4, -0.2) is 49.5 Å². The molecule has 260 valence electrons. The number of fused-ring (bicyclic) bond motifs is 1. The molecule has 0 saturated carbocycles. The van der Waals surface area contributed by atoms with Gasteiger partial charge >= 0.3 is 0 Å². The lowest BCUT2D eigenvalue weighted by Gasteiger charge is -2.24. The van der Waals surface area contributed by atoms with E-state index in [4.69, 9.17) is 24.5 Å². The Morgan fingerprint density at radius 1 is 1.02 bits per heavy atom. The number of nitrogen functional groups attached to an aromatic ring is 1. The van der Waals surface area contributed by atoms with Crippen LogP contribution in [-0.2, 0) is 21.4 Å².